The van der Waals surface area contributed by atoms with Crippen LogP contribution in [-0.4, -0.2) is 11.7 Å². The molecule has 2 rings (SSSR count). The number of benzene rings is 2. The number of hydrogen-bond donors (Lipinski definition) is 2. The molecule has 118 valence electrons. The third-order valence-electron chi connectivity index (χ3n) is 3.56. The van der Waals surface area contributed by atoms with Crippen molar-refractivity contribution in [1.82, 2.24) is 0 Å². The van der Waals surface area contributed by atoms with Crippen molar-refractivity contribution in [1.29, 1.82) is 0 Å². The van der Waals surface area contributed by atoms with Crippen LogP contribution in [0.3, 0.4) is 0 Å². The Labute approximate surface area is 127 Å². The summed E-state index contributed by atoms with van der Waals surface area (Å²) < 4.78 is 37.6. The second-order valence-corrected chi connectivity index (χ2v) is 5.17. The Hall–Kier alpha value is -1.85. The third kappa shape index (κ3) is 4.08. The fourth-order valence-electron chi connectivity index (χ4n) is 2.25. The van der Waals surface area contributed by atoms with Gasteiger partial charge in [0, 0.05) is 12.6 Å². The highest BCUT2D eigenvalue weighted by Gasteiger charge is 2.29. The van der Waals surface area contributed by atoms with Gasteiger partial charge in [0.15, 0.2) is 0 Å². The van der Waals surface area contributed by atoms with Gasteiger partial charge in [-0.1, -0.05) is 36.4 Å². The van der Waals surface area contributed by atoms with E-state index < -0.39 is 11.7 Å². The summed E-state index contributed by atoms with van der Waals surface area (Å²) in [7, 11) is 0. The van der Waals surface area contributed by atoms with Gasteiger partial charge in [0.05, 0.1) is 5.56 Å². The van der Waals surface area contributed by atoms with E-state index in [1.165, 1.54) is 12.1 Å². The number of aliphatic hydroxyl groups is 1. The van der Waals surface area contributed by atoms with E-state index in [4.69, 9.17) is 10.8 Å². The van der Waals surface area contributed by atoms with E-state index in [1.54, 1.807) is 0 Å². The van der Waals surface area contributed by atoms with Gasteiger partial charge in [-0.05, 0) is 41.7 Å². The first-order valence-corrected chi connectivity index (χ1v) is 7.06. The quantitative estimate of drug-likeness (QED) is 0.871. The first kappa shape index (κ1) is 16.5. The Bertz CT molecular complexity index is 591. The molecule has 0 amide bonds. The number of halogens is 3. The van der Waals surface area contributed by atoms with Gasteiger partial charge in [0.2, 0.25) is 0 Å². The van der Waals surface area contributed by atoms with Crippen LogP contribution < -0.4 is 5.73 Å². The zero-order valence-electron chi connectivity index (χ0n) is 12.0. The molecule has 0 unspecified atom stereocenters. The average molecular weight is 309 g/mol. The monoisotopic (exact) mass is 309 g/mol. The molecule has 5 heteroatoms. The summed E-state index contributed by atoms with van der Waals surface area (Å²) in [6.07, 6.45) is -2.99. The maximum atomic E-state index is 12.5. The van der Waals surface area contributed by atoms with Crippen molar-refractivity contribution in [3.8, 4) is 11.1 Å². The van der Waals surface area contributed by atoms with Gasteiger partial charge in [0.25, 0.3) is 0 Å². The molecule has 22 heavy (non-hydrogen) atoms. The number of rotatable bonds is 5. The van der Waals surface area contributed by atoms with Gasteiger partial charge in [-0.3, -0.25) is 0 Å². The lowest BCUT2D eigenvalue weighted by atomic mass is 9.98. The van der Waals surface area contributed by atoms with Crippen molar-refractivity contribution >= 4 is 0 Å². The summed E-state index contributed by atoms with van der Waals surface area (Å²) in [5, 5.41) is 8.80. The predicted octanol–water partition coefficient (Wildman–Crippen LogP) is 4.14. The second-order valence-electron chi connectivity index (χ2n) is 5.17. The standard InChI is InChI=1S/C17H18F3NO/c18-17(19,20)15-9-7-13(8-10-15)12-3-5-14(6-4-12)16(21)2-1-11-22/h3-10,16,22H,1-2,11,21H2/t16-/m0/s1. The fraction of sp³-hybridized carbons (Fsp3) is 0.294. The Morgan fingerprint density at radius 1 is 0.909 bits per heavy atom. The van der Waals surface area contributed by atoms with Gasteiger partial charge in [-0.15, -0.1) is 0 Å². The van der Waals surface area contributed by atoms with Gasteiger partial charge in [0.1, 0.15) is 0 Å². The minimum Gasteiger partial charge on any atom is -0.396 e. The highest BCUT2D eigenvalue weighted by molar-refractivity contribution is 5.64. The normalized spacial score (nSPS) is 13.1. The molecular formula is C17H18F3NO. The summed E-state index contributed by atoms with van der Waals surface area (Å²) in [6, 6.07) is 12.4. The summed E-state index contributed by atoms with van der Waals surface area (Å²) >= 11 is 0. The number of alkyl halides is 3. The minimum absolute atomic E-state index is 0.108. The van der Waals surface area contributed by atoms with Crippen LogP contribution >= 0.6 is 0 Å². The molecule has 0 spiro atoms. The van der Waals surface area contributed by atoms with Crippen LogP contribution in [0.2, 0.25) is 0 Å². The van der Waals surface area contributed by atoms with Gasteiger partial charge in [-0.25, -0.2) is 0 Å². The van der Waals surface area contributed by atoms with Crippen LogP contribution in [0, 0.1) is 0 Å². The molecule has 2 aromatic rings. The molecule has 0 aliphatic heterocycles. The van der Waals surface area contributed by atoms with Crippen molar-refractivity contribution < 1.29 is 18.3 Å². The Kier molecular flexibility index (Phi) is 5.21. The van der Waals surface area contributed by atoms with E-state index in [1.807, 2.05) is 24.3 Å². The van der Waals surface area contributed by atoms with Crippen molar-refractivity contribution in [2.75, 3.05) is 6.61 Å². The molecule has 0 heterocycles. The van der Waals surface area contributed by atoms with E-state index in [0.717, 1.165) is 28.8 Å². The summed E-state index contributed by atoms with van der Waals surface area (Å²) in [4.78, 5) is 0. The highest BCUT2D eigenvalue weighted by atomic mass is 19.4. The number of hydrogen-bond acceptors (Lipinski definition) is 2. The van der Waals surface area contributed by atoms with Gasteiger partial charge in [-0.2, -0.15) is 13.2 Å². The zero-order valence-corrected chi connectivity index (χ0v) is 12.0. The van der Waals surface area contributed by atoms with E-state index in [2.05, 4.69) is 0 Å². The van der Waals surface area contributed by atoms with Crippen LogP contribution in [0.15, 0.2) is 48.5 Å². The summed E-state index contributed by atoms with van der Waals surface area (Å²) in [5.74, 6) is 0. The molecule has 1 atom stereocenters. The van der Waals surface area contributed by atoms with E-state index >= 15 is 0 Å². The largest absolute Gasteiger partial charge is 0.416 e. The molecule has 0 fully saturated rings. The van der Waals surface area contributed by atoms with E-state index in [9.17, 15) is 13.2 Å². The fourth-order valence-corrected chi connectivity index (χ4v) is 2.25. The summed E-state index contributed by atoms with van der Waals surface area (Å²) in [6.45, 7) is 0.108. The lowest BCUT2D eigenvalue weighted by Crippen LogP contribution is -2.10. The van der Waals surface area contributed by atoms with Crippen molar-refractivity contribution in [3.05, 3.63) is 59.7 Å². The molecule has 2 aromatic carbocycles. The molecule has 2 nitrogen and oxygen atoms in total. The average Bonchev–Trinajstić information content (AvgIpc) is 2.52. The van der Waals surface area contributed by atoms with Crippen LogP contribution in [0.25, 0.3) is 11.1 Å². The van der Waals surface area contributed by atoms with Crippen molar-refractivity contribution in [2.45, 2.75) is 25.1 Å². The van der Waals surface area contributed by atoms with Crippen molar-refractivity contribution in [3.63, 3.8) is 0 Å². The van der Waals surface area contributed by atoms with Crippen LogP contribution in [0.4, 0.5) is 13.2 Å². The van der Waals surface area contributed by atoms with E-state index in [0.29, 0.717) is 12.8 Å². The van der Waals surface area contributed by atoms with Gasteiger partial charge >= 0.3 is 6.18 Å². The Morgan fingerprint density at radius 3 is 1.86 bits per heavy atom. The zero-order chi connectivity index (χ0) is 16.2. The molecule has 3 N–H and O–H groups in total. The molecule has 0 radical (unpaired) electrons. The third-order valence-corrected chi connectivity index (χ3v) is 3.56. The number of aliphatic hydroxyl groups excluding tert-OH is 1. The molecule has 0 bridgehead atoms. The predicted molar refractivity (Wildman–Crippen MR) is 80.1 cm³/mol. The Balaban J connectivity index is 2.13. The highest BCUT2D eigenvalue weighted by Crippen LogP contribution is 2.31. The van der Waals surface area contributed by atoms with Crippen LogP contribution in [0.5, 0.6) is 0 Å². The maximum absolute atomic E-state index is 12.5. The van der Waals surface area contributed by atoms with Crippen LogP contribution in [-0.2, 0) is 6.18 Å². The van der Waals surface area contributed by atoms with E-state index in [-0.39, 0.29) is 12.6 Å². The van der Waals surface area contributed by atoms with Crippen LogP contribution in [0.1, 0.15) is 30.0 Å². The maximum Gasteiger partial charge on any atom is 0.416 e. The Morgan fingerprint density at radius 2 is 1.41 bits per heavy atom. The minimum atomic E-state index is -4.32. The first-order valence-electron chi connectivity index (χ1n) is 7.06. The molecule has 0 saturated carbocycles. The van der Waals surface area contributed by atoms with Gasteiger partial charge < -0.3 is 10.8 Å². The topological polar surface area (TPSA) is 46.2 Å². The lowest BCUT2D eigenvalue weighted by molar-refractivity contribution is -0.137. The SMILES string of the molecule is N[C@@H](CCCO)c1ccc(-c2ccc(C(F)(F)F)cc2)cc1. The molecule has 0 aromatic heterocycles. The number of nitrogens with two attached hydrogens (primary N) is 1. The first-order chi connectivity index (χ1) is 10.4. The second kappa shape index (κ2) is 6.94. The summed E-state index contributed by atoms with van der Waals surface area (Å²) in [5.41, 5.74) is 7.86. The smallest absolute Gasteiger partial charge is 0.396 e. The lowest BCUT2D eigenvalue weighted by Gasteiger charge is -2.12. The molecule has 0 saturated heterocycles. The molecule has 0 aliphatic carbocycles. The molecular weight excluding hydrogens is 291 g/mol. The van der Waals surface area contributed by atoms with Crippen molar-refractivity contribution in [2.24, 2.45) is 5.73 Å². The molecule has 0 aliphatic rings.